The fraction of sp³-hybridized carbons (Fsp3) is 1.00. The van der Waals surface area contributed by atoms with Crippen LogP contribution in [-0.2, 0) is 14.2 Å². The summed E-state index contributed by atoms with van der Waals surface area (Å²) in [6.07, 6.45) is 4.88. The molecule has 0 amide bonds. The number of aliphatic hydroxyl groups excluding tert-OH is 1. The van der Waals surface area contributed by atoms with Crippen LogP contribution in [0.4, 0.5) is 0 Å². The zero-order valence-electron chi connectivity index (χ0n) is 11.1. The number of ether oxygens (including phenoxy) is 3. The van der Waals surface area contributed by atoms with E-state index in [1.54, 1.807) is 0 Å². The molecule has 1 N–H and O–H groups in total. The number of aliphatic hydroxyl groups is 1. The lowest BCUT2D eigenvalue weighted by Crippen LogP contribution is -2.46. The van der Waals surface area contributed by atoms with E-state index in [1.165, 1.54) is 0 Å². The lowest BCUT2D eigenvalue weighted by atomic mass is 9.80. The van der Waals surface area contributed by atoms with Crippen molar-refractivity contribution in [2.75, 3.05) is 19.8 Å². The minimum Gasteiger partial charge on any atom is -0.390 e. The molecule has 0 bridgehead atoms. The van der Waals surface area contributed by atoms with Crippen molar-refractivity contribution in [1.29, 1.82) is 0 Å². The van der Waals surface area contributed by atoms with E-state index in [1.807, 2.05) is 0 Å². The average Bonchev–Trinajstić information content (AvgIpc) is 2.98. The second kappa shape index (κ2) is 5.08. The maximum atomic E-state index is 10.5. The molecule has 0 aromatic carbocycles. The van der Waals surface area contributed by atoms with Crippen LogP contribution in [0.5, 0.6) is 0 Å². The van der Waals surface area contributed by atoms with Gasteiger partial charge in [-0.25, -0.2) is 0 Å². The Kier molecular flexibility index (Phi) is 3.63. The van der Waals surface area contributed by atoms with Crippen molar-refractivity contribution in [3.05, 3.63) is 0 Å². The zero-order chi connectivity index (χ0) is 12.6. The molecule has 3 rings (SSSR count). The van der Waals surface area contributed by atoms with Crippen LogP contribution in [0.1, 0.15) is 39.0 Å². The molecule has 5 unspecified atom stereocenters. The van der Waals surface area contributed by atoms with Gasteiger partial charge in [-0.3, -0.25) is 0 Å². The molecule has 3 aliphatic heterocycles. The predicted molar refractivity (Wildman–Crippen MR) is 66.4 cm³/mol. The molecule has 0 aromatic rings. The molecule has 4 heteroatoms. The highest BCUT2D eigenvalue weighted by molar-refractivity contribution is 4.94. The van der Waals surface area contributed by atoms with Crippen LogP contribution >= 0.6 is 0 Å². The van der Waals surface area contributed by atoms with Crippen LogP contribution in [0.25, 0.3) is 0 Å². The molecular formula is C14H24O4. The topological polar surface area (TPSA) is 47.9 Å². The molecule has 18 heavy (non-hydrogen) atoms. The van der Waals surface area contributed by atoms with E-state index < -0.39 is 0 Å². The van der Waals surface area contributed by atoms with Crippen LogP contribution in [0.2, 0.25) is 0 Å². The van der Waals surface area contributed by atoms with E-state index in [4.69, 9.17) is 14.2 Å². The van der Waals surface area contributed by atoms with Gasteiger partial charge in [-0.2, -0.15) is 0 Å². The molecule has 0 aliphatic carbocycles. The highest BCUT2D eigenvalue weighted by atomic mass is 16.6. The van der Waals surface area contributed by atoms with Crippen LogP contribution in [0.3, 0.4) is 0 Å². The maximum Gasteiger partial charge on any atom is 0.0940 e. The van der Waals surface area contributed by atoms with Gasteiger partial charge >= 0.3 is 0 Å². The third kappa shape index (κ3) is 2.44. The Hall–Kier alpha value is -0.160. The first-order valence-corrected chi connectivity index (χ1v) is 7.24. The van der Waals surface area contributed by atoms with Crippen molar-refractivity contribution < 1.29 is 19.3 Å². The molecule has 0 aromatic heterocycles. The summed E-state index contributed by atoms with van der Waals surface area (Å²) in [6.45, 7) is 4.31. The van der Waals surface area contributed by atoms with Gasteiger partial charge in [0, 0.05) is 19.6 Å². The molecule has 5 atom stereocenters. The summed E-state index contributed by atoms with van der Waals surface area (Å²) < 4.78 is 17.2. The van der Waals surface area contributed by atoms with Gasteiger partial charge in [-0.05, 0) is 38.5 Å². The number of hydrogen-bond donors (Lipinski definition) is 1. The van der Waals surface area contributed by atoms with Crippen molar-refractivity contribution in [2.45, 2.75) is 62.9 Å². The largest absolute Gasteiger partial charge is 0.390 e. The summed E-state index contributed by atoms with van der Waals surface area (Å²) in [4.78, 5) is 0. The maximum absolute atomic E-state index is 10.5. The quantitative estimate of drug-likeness (QED) is 0.813. The molecule has 3 heterocycles. The Morgan fingerprint density at radius 1 is 1.22 bits per heavy atom. The van der Waals surface area contributed by atoms with E-state index in [0.717, 1.165) is 45.3 Å². The number of rotatable bonds is 2. The van der Waals surface area contributed by atoms with Gasteiger partial charge in [0.2, 0.25) is 0 Å². The van der Waals surface area contributed by atoms with E-state index in [2.05, 4.69) is 6.92 Å². The van der Waals surface area contributed by atoms with E-state index >= 15 is 0 Å². The molecule has 3 aliphatic rings. The molecule has 1 spiro atoms. The molecular weight excluding hydrogens is 232 g/mol. The molecule has 0 radical (unpaired) electrons. The molecule has 104 valence electrons. The zero-order valence-corrected chi connectivity index (χ0v) is 11.1. The standard InChI is InChI=1S/C14H24O4/c1-10-2-3-12(18-10)13(15)11-4-6-17-14(8-11)5-7-16-9-14/h10-13,15H,2-9H2,1H3. The summed E-state index contributed by atoms with van der Waals surface area (Å²) in [6, 6.07) is 0. The van der Waals surface area contributed by atoms with Crippen LogP contribution in [0.15, 0.2) is 0 Å². The second-order valence-electron chi connectivity index (χ2n) is 6.14. The van der Waals surface area contributed by atoms with Crippen LogP contribution < -0.4 is 0 Å². The smallest absolute Gasteiger partial charge is 0.0940 e. The summed E-state index contributed by atoms with van der Waals surface area (Å²) in [7, 11) is 0. The lowest BCUT2D eigenvalue weighted by molar-refractivity contribution is -0.136. The van der Waals surface area contributed by atoms with E-state index in [-0.39, 0.29) is 17.8 Å². The molecule has 3 fully saturated rings. The fourth-order valence-electron chi connectivity index (χ4n) is 3.61. The lowest BCUT2D eigenvalue weighted by Gasteiger charge is -2.40. The molecule has 3 saturated heterocycles. The van der Waals surface area contributed by atoms with Gasteiger partial charge in [0.05, 0.1) is 30.5 Å². The Bertz CT molecular complexity index is 288. The summed E-state index contributed by atoms with van der Waals surface area (Å²) in [5.41, 5.74) is -0.117. The Labute approximate surface area is 109 Å². The van der Waals surface area contributed by atoms with Gasteiger partial charge in [-0.15, -0.1) is 0 Å². The second-order valence-corrected chi connectivity index (χ2v) is 6.14. The normalized spacial score (nSPS) is 46.7. The highest BCUT2D eigenvalue weighted by Crippen LogP contribution is 2.39. The van der Waals surface area contributed by atoms with E-state index in [9.17, 15) is 5.11 Å². The van der Waals surface area contributed by atoms with Crippen molar-refractivity contribution in [1.82, 2.24) is 0 Å². The third-order valence-corrected chi connectivity index (χ3v) is 4.73. The first-order valence-electron chi connectivity index (χ1n) is 7.24. The summed E-state index contributed by atoms with van der Waals surface area (Å²) in [5.74, 6) is 0.302. The monoisotopic (exact) mass is 256 g/mol. The summed E-state index contributed by atoms with van der Waals surface area (Å²) in [5, 5.41) is 10.5. The molecule has 4 nitrogen and oxygen atoms in total. The van der Waals surface area contributed by atoms with Crippen molar-refractivity contribution in [3.63, 3.8) is 0 Å². The van der Waals surface area contributed by atoms with Crippen molar-refractivity contribution >= 4 is 0 Å². The Morgan fingerprint density at radius 3 is 2.78 bits per heavy atom. The highest BCUT2D eigenvalue weighted by Gasteiger charge is 2.45. The van der Waals surface area contributed by atoms with Gasteiger partial charge in [-0.1, -0.05) is 0 Å². The van der Waals surface area contributed by atoms with Gasteiger partial charge < -0.3 is 19.3 Å². The average molecular weight is 256 g/mol. The van der Waals surface area contributed by atoms with Gasteiger partial charge in [0.25, 0.3) is 0 Å². The number of hydrogen-bond acceptors (Lipinski definition) is 4. The molecule has 0 saturated carbocycles. The summed E-state index contributed by atoms with van der Waals surface area (Å²) >= 11 is 0. The fourth-order valence-corrected chi connectivity index (χ4v) is 3.61. The first-order chi connectivity index (χ1) is 8.69. The van der Waals surface area contributed by atoms with Crippen molar-refractivity contribution in [3.8, 4) is 0 Å². The van der Waals surface area contributed by atoms with Gasteiger partial charge in [0.1, 0.15) is 0 Å². The van der Waals surface area contributed by atoms with Crippen LogP contribution in [0, 0.1) is 5.92 Å². The minimum atomic E-state index is -0.337. The predicted octanol–water partition coefficient (Wildman–Crippen LogP) is 1.50. The van der Waals surface area contributed by atoms with Crippen LogP contribution in [-0.4, -0.2) is 48.8 Å². The first kappa shape index (κ1) is 12.9. The van der Waals surface area contributed by atoms with Gasteiger partial charge in [0.15, 0.2) is 0 Å². The SMILES string of the molecule is CC1CCC(C(O)C2CCOC3(CCOC3)C2)O1. The Morgan fingerprint density at radius 2 is 2.11 bits per heavy atom. The Balaban J connectivity index is 1.61. The van der Waals surface area contributed by atoms with Crippen molar-refractivity contribution in [2.24, 2.45) is 5.92 Å². The third-order valence-electron chi connectivity index (χ3n) is 4.73. The minimum absolute atomic E-state index is 0.0301. The van der Waals surface area contributed by atoms with E-state index in [0.29, 0.717) is 18.6 Å².